The molecule has 7 nitrogen and oxygen atoms in total. The Morgan fingerprint density at radius 3 is 2.71 bits per heavy atom. The molecule has 2 heterocycles. The minimum Gasteiger partial charge on any atom is -0.444 e. The van der Waals surface area contributed by atoms with E-state index in [1.165, 1.54) is 0 Å². The van der Waals surface area contributed by atoms with Crippen LogP contribution < -0.4 is 4.90 Å². The molecule has 21 heavy (non-hydrogen) atoms. The molecule has 0 N–H and O–H groups in total. The van der Waals surface area contributed by atoms with Crippen molar-refractivity contribution in [2.75, 3.05) is 32.1 Å². The highest BCUT2D eigenvalue weighted by atomic mass is 16.6. The van der Waals surface area contributed by atoms with E-state index in [0.717, 1.165) is 12.8 Å². The standard InChI is InChI=1S/C14H24N4O3/c1-14(2,3)20-13(19)18-8-6-7-10(9-18)11-15-12(16-21-11)17(4)5/h10H,6-9H2,1-5H3/t10-/m1/s1. The first-order valence-electron chi connectivity index (χ1n) is 7.25. The normalized spacial score (nSPS) is 19.5. The number of hydrogen-bond donors (Lipinski definition) is 0. The van der Waals surface area contributed by atoms with Crippen LogP contribution in [0.3, 0.4) is 0 Å². The highest BCUT2D eigenvalue weighted by molar-refractivity contribution is 5.68. The van der Waals surface area contributed by atoms with E-state index in [1.807, 2.05) is 34.9 Å². The number of ether oxygens (including phenoxy) is 1. The second-order valence-electron chi connectivity index (χ2n) is 6.59. The molecular weight excluding hydrogens is 272 g/mol. The maximum absolute atomic E-state index is 12.1. The Morgan fingerprint density at radius 1 is 1.43 bits per heavy atom. The monoisotopic (exact) mass is 296 g/mol. The van der Waals surface area contributed by atoms with Crippen LogP contribution in [0, 0.1) is 0 Å². The topological polar surface area (TPSA) is 71.7 Å². The van der Waals surface area contributed by atoms with Crippen molar-refractivity contribution in [3.8, 4) is 0 Å². The number of aromatic nitrogens is 2. The van der Waals surface area contributed by atoms with Gasteiger partial charge in [0.15, 0.2) is 0 Å². The highest BCUT2D eigenvalue weighted by Crippen LogP contribution is 2.27. The van der Waals surface area contributed by atoms with Crippen molar-refractivity contribution in [2.45, 2.75) is 45.1 Å². The van der Waals surface area contributed by atoms with Gasteiger partial charge in [0.25, 0.3) is 5.95 Å². The predicted octanol–water partition coefficient (Wildman–Crippen LogP) is 2.25. The van der Waals surface area contributed by atoms with Crippen LogP contribution in [0.5, 0.6) is 0 Å². The molecule has 118 valence electrons. The van der Waals surface area contributed by atoms with E-state index in [-0.39, 0.29) is 12.0 Å². The van der Waals surface area contributed by atoms with Crippen LogP contribution >= 0.6 is 0 Å². The molecule has 1 aliphatic heterocycles. The molecule has 1 saturated heterocycles. The van der Waals surface area contributed by atoms with E-state index in [9.17, 15) is 4.79 Å². The number of rotatable bonds is 2. The summed E-state index contributed by atoms with van der Waals surface area (Å²) in [6.45, 7) is 6.87. The SMILES string of the molecule is CN(C)c1noc([C@@H]2CCCN(C(=O)OC(C)(C)C)C2)n1. The Morgan fingerprint density at radius 2 is 2.14 bits per heavy atom. The van der Waals surface area contributed by atoms with Crippen molar-refractivity contribution in [1.82, 2.24) is 15.0 Å². The number of carbonyl (C=O) groups is 1. The molecule has 0 aliphatic carbocycles. The van der Waals surface area contributed by atoms with E-state index in [0.29, 0.717) is 24.9 Å². The largest absolute Gasteiger partial charge is 0.444 e. The second-order valence-corrected chi connectivity index (χ2v) is 6.59. The van der Waals surface area contributed by atoms with E-state index in [4.69, 9.17) is 9.26 Å². The van der Waals surface area contributed by atoms with Crippen LogP contribution in [0.15, 0.2) is 4.52 Å². The van der Waals surface area contributed by atoms with Gasteiger partial charge in [-0.05, 0) is 38.8 Å². The van der Waals surface area contributed by atoms with Crippen LogP contribution in [0.25, 0.3) is 0 Å². The zero-order chi connectivity index (χ0) is 15.6. The van der Waals surface area contributed by atoms with Crippen LogP contribution in [0.2, 0.25) is 0 Å². The van der Waals surface area contributed by atoms with Gasteiger partial charge in [-0.15, -0.1) is 0 Å². The maximum atomic E-state index is 12.1. The lowest BCUT2D eigenvalue weighted by Gasteiger charge is -2.32. The Bertz CT molecular complexity index is 493. The third-order valence-corrected chi connectivity index (χ3v) is 3.25. The minimum absolute atomic E-state index is 0.0764. The number of anilines is 1. The van der Waals surface area contributed by atoms with Crippen molar-refractivity contribution >= 4 is 12.0 Å². The Labute approximate surface area is 125 Å². The van der Waals surface area contributed by atoms with Crippen molar-refractivity contribution in [3.05, 3.63) is 5.89 Å². The van der Waals surface area contributed by atoms with Gasteiger partial charge in [-0.1, -0.05) is 0 Å². The number of nitrogens with zero attached hydrogens (tertiary/aromatic N) is 4. The summed E-state index contributed by atoms with van der Waals surface area (Å²) in [6, 6.07) is 0. The van der Waals surface area contributed by atoms with E-state index < -0.39 is 5.60 Å². The molecule has 0 radical (unpaired) electrons. The Kier molecular flexibility index (Phi) is 4.39. The number of likely N-dealkylation sites (tertiary alicyclic amines) is 1. The fraction of sp³-hybridized carbons (Fsp3) is 0.786. The summed E-state index contributed by atoms with van der Waals surface area (Å²) in [4.78, 5) is 20.0. The fourth-order valence-electron chi connectivity index (χ4n) is 2.25. The molecule has 1 atom stereocenters. The summed E-state index contributed by atoms with van der Waals surface area (Å²) in [5.41, 5.74) is -0.480. The Balaban J connectivity index is 2.01. The van der Waals surface area contributed by atoms with Gasteiger partial charge in [-0.2, -0.15) is 4.98 Å². The van der Waals surface area contributed by atoms with Crippen LogP contribution in [0.4, 0.5) is 10.7 Å². The van der Waals surface area contributed by atoms with Gasteiger partial charge in [-0.3, -0.25) is 0 Å². The first-order valence-corrected chi connectivity index (χ1v) is 7.25. The fourth-order valence-corrected chi connectivity index (χ4v) is 2.25. The van der Waals surface area contributed by atoms with Gasteiger partial charge in [0.2, 0.25) is 5.89 Å². The summed E-state index contributed by atoms with van der Waals surface area (Å²) in [5.74, 6) is 1.22. The molecule has 2 rings (SSSR count). The van der Waals surface area contributed by atoms with Gasteiger partial charge in [-0.25, -0.2) is 4.79 Å². The van der Waals surface area contributed by atoms with Crippen LogP contribution in [-0.4, -0.2) is 53.9 Å². The number of piperidine rings is 1. The average molecular weight is 296 g/mol. The van der Waals surface area contributed by atoms with E-state index in [2.05, 4.69) is 10.1 Å². The quantitative estimate of drug-likeness (QED) is 0.833. The van der Waals surface area contributed by atoms with Gasteiger partial charge in [0.1, 0.15) is 5.60 Å². The van der Waals surface area contributed by atoms with Gasteiger partial charge in [0.05, 0.1) is 5.92 Å². The van der Waals surface area contributed by atoms with Crippen molar-refractivity contribution in [3.63, 3.8) is 0 Å². The molecule has 1 aromatic rings. The van der Waals surface area contributed by atoms with Crippen LogP contribution in [0.1, 0.15) is 45.4 Å². The summed E-state index contributed by atoms with van der Waals surface area (Å²) in [6.07, 6.45) is 1.57. The summed E-state index contributed by atoms with van der Waals surface area (Å²) in [7, 11) is 3.73. The van der Waals surface area contributed by atoms with Gasteiger partial charge in [0, 0.05) is 27.2 Å². The zero-order valence-electron chi connectivity index (χ0n) is 13.4. The lowest BCUT2D eigenvalue weighted by atomic mass is 9.98. The van der Waals surface area contributed by atoms with Crippen molar-refractivity contribution < 1.29 is 14.1 Å². The Hall–Kier alpha value is -1.79. The lowest BCUT2D eigenvalue weighted by molar-refractivity contribution is 0.0189. The molecule has 0 saturated carbocycles. The van der Waals surface area contributed by atoms with Crippen LogP contribution in [-0.2, 0) is 4.74 Å². The molecule has 0 spiro atoms. The lowest BCUT2D eigenvalue weighted by Crippen LogP contribution is -2.42. The molecule has 0 unspecified atom stereocenters. The summed E-state index contributed by atoms with van der Waals surface area (Å²) < 4.78 is 10.7. The molecule has 7 heteroatoms. The molecular formula is C14H24N4O3. The van der Waals surface area contributed by atoms with Crippen molar-refractivity contribution in [1.29, 1.82) is 0 Å². The maximum Gasteiger partial charge on any atom is 0.410 e. The molecule has 1 amide bonds. The minimum atomic E-state index is -0.480. The second kappa shape index (κ2) is 5.91. The van der Waals surface area contributed by atoms with E-state index in [1.54, 1.807) is 9.80 Å². The molecule has 0 aromatic carbocycles. The number of carbonyl (C=O) groups excluding carboxylic acids is 1. The van der Waals surface area contributed by atoms with Gasteiger partial charge < -0.3 is 19.1 Å². The summed E-state index contributed by atoms with van der Waals surface area (Å²) in [5, 5.41) is 3.93. The molecule has 1 aromatic heterocycles. The molecule has 1 aliphatic rings. The first-order chi connectivity index (χ1) is 9.76. The molecule has 0 bridgehead atoms. The zero-order valence-corrected chi connectivity index (χ0v) is 13.4. The number of amides is 1. The van der Waals surface area contributed by atoms with E-state index >= 15 is 0 Å². The third kappa shape index (κ3) is 4.09. The smallest absolute Gasteiger partial charge is 0.410 e. The first kappa shape index (κ1) is 15.6. The van der Waals surface area contributed by atoms with Crippen molar-refractivity contribution in [2.24, 2.45) is 0 Å². The number of hydrogen-bond acceptors (Lipinski definition) is 6. The molecule has 1 fully saturated rings. The average Bonchev–Trinajstić information content (AvgIpc) is 2.86. The van der Waals surface area contributed by atoms with Gasteiger partial charge >= 0.3 is 6.09 Å². The summed E-state index contributed by atoms with van der Waals surface area (Å²) >= 11 is 0. The highest BCUT2D eigenvalue weighted by Gasteiger charge is 2.31. The predicted molar refractivity (Wildman–Crippen MR) is 78.4 cm³/mol. The third-order valence-electron chi connectivity index (χ3n) is 3.25.